The van der Waals surface area contributed by atoms with Crippen LogP contribution < -0.4 is 0 Å². The predicted octanol–water partition coefficient (Wildman–Crippen LogP) is 4.46. The lowest BCUT2D eigenvalue weighted by atomic mass is 10.0. The lowest BCUT2D eigenvalue weighted by Crippen LogP contribution is -2.06. The number of aliphatic hydroxyl groups excluding tert-OH is 1. The Morgan fingerprint density at radius 3 is 2.56 bits per heavy atom. The first-order valence-corrected chi connectivity index (χ1v) is 6.24. The van der Waals surface area contributed by atoms with E-state index in [2.05, 4.69) is 15.9 Å². The smallest absolute Gasteiger partial charge is 0.146 e. The van der Waals surface area contributed by atoms with Crippen LogP contribution in [0.4, 0.5) is 8.78 Å². The van der Waals surface area contributed by atoms with Crippen molar-refractivity contribution < 1.29 is 13.9 Å². The zero-order valence-electron chi connectivity index (χ0n) is 9.00. The van der Waals surface area contributed by atoms with E-state index in [1.165, 1.54) is 12.1 Å². The summed E-state index contributed by atoms with van der Waals surface area (Å²) in [4.78, 5) is 0. The first kappa shape index (κ1) is 13.5. The Balaban J connectivity index is 2.52. The van der Waals surface area contributed by atoms with E-state index in [-0.39, 0.29) is 4.47 Å². The molecule has 0 fully saturated rings. The molecule has 2 aromatic carbocycles. The average molecular weight is 334 g/mol. The first-order chi connectivity index (χ1) is 8.50. The molecule has 0 aliphatic carbocycles. The minimum absolute atomic E-state index is 0.0972. The fourth-order valence-electron chi connectivity index (χ4n) is 1.64. The number of hydrogen-bond donors (Lipinski definition) is 1. The van der Waals surface area contributed by atoms with Gasteiger partial charge in [-0.2, -0.15) is 0 Å². The minimum atomic E-state index is -1.40. The molecule has 0 aliphatic rings. The summed E-state index contributed by atoms with van der Waals surface area (Å²) in [6.07, 6.45) is -1.40. The standard InChI is InChI=1S/C13H8BrClF2O/c14-9-4-5-10(16)11(12(9)17)13(18)7-2-1-3-8(15)6-7/h1-6,13,18H. The fraction of sp³-hybridized carbons (Fsp3) is 0.0769. The molecule has 1 atom stereocenters. The van der Waals surface area contributed by atoms with Crippen molar-refractivity contribution in [2.24, 2.45) is 0 Å². The van der Waals surface area contributed by atoms with Gasteiger partial charge in [0.2, 0.25) is 0 Å². The lowest BCUT2D eigenvalue weighted by molar-refractivity contribution is 0.209. The predicted molar refractivity (Wildman–Crippen MR) is 69.6 cm³/mol. The molecule has 0 spiro atoms. The maximum atomic E-state index is 13.8. The average Bonchev–Trinajstić information content (AvgIpc) is 2.34. The van der Waals surface area contributed by atoms with Crippen LogP contribution in [0.2, 0.25) is 5.02 Å². The van der Waals surface area contributed by atoms with E-state index in [0.29, 0.717) is 10.6 Å². The Labute approximate surface area is 116 Å². The Hall–Kier alpha value is -0.970. The molecular formula is C13H8BrClF2O. The Bertz CT molecular complexity index is 589. The number of hydrogen-bond acceptors (Lipinski definition) is 1. The maximum Gasteiger partial charge on any atom is 0.146 e. The molecule has 0 aliphatic heterocycles. The van der Waals surface area contributed by atoms with Gasteiger partial charge in [0.25, 0.3) is 0 Å². The summed E-state index contributed by atoms with van der Waals surface area (Å²) in [6.45, 7) is 0. The number of benzene rings is 2. The van der Waals surface area contributed by atoms with Crippen LogP contribution in [0.5, 0.6) is 0 Å². The molecule has 0 heterocycles. The van der Waals surface area contributed by atoms with E-state index in [1.54, 1.807) is 18.2 Å². The van der Waals surface area contributed by atoms with Gasteiger partial charge in [-0.25, -0.2) is 8.78 Å². The van der Waals surface area contributed by atoms with Gasteiger partial charge in [0.15, 0.2) is 0 Å². The monoisotopic (exact) mass is 332 g/mol. The zero-order valence-corrected chi connectivity index (χ0v) is 11.3. The summed E-state index contributed by atoms with van der Waals surface area (Å²) in [5.41, 5.74) is -0.0648. The van der Waals surface area contributed by atoms with Gasteiger partial charge >= 0.3 is 0 Å². The SMILES string of the molecule is OC(c1cccc(Cl)c1)c1c(F)ccc(Br)c1F. The molecule has 2 rings (SSSR count). The van der Waals surface area contributed by atoms with E-state index in [0.717, 1.165) is 6.07 Å². The van der Waals surface area contributed by atoms with E-state index < -0.39 is 23.3 Å². The molecule has 0 radical (unpaired) electrons. The molecule has 0 saturated heterocycles. The van der Waals surface area contributed by atoms with Crippen LogP contribution in [-0.2, 0) is 0 Å². The van der Waals surface area contributed by atoms with Crippen LogP contribution in [0.1, 0.15) is 17.2 Å². The van der Waals surface area contributed by atoms with Crippen LogP contribution in [-0.4, -0.2) is 5.11 Å². The second-order valence-electron chi connectivity index (χ2n) is 3.71. The number of rotatable bonds is 2. The Kier molecular flexibility index (Phi) is 4.00. The third kappa shape index (κ3) is 2.55. The van der Waals surface area contributed by atoms with Gasteiger partial charge in [0.05, 0.1) is 10.0 Å². The molecule has 5 heteroatoms. The fourth-order valence-corrected chi connectivity index (χ4v) is 2.18. The molecule has 0 bridgehead atoms. The van der Waals surface area contributed by atoms with Crippen molar-refractivity contribution in [1.82, 2.24) is 0 Å². The molecule has 18 heavy (non-hydrogen) atoms. The molecule has 0 amide bonds. The minimum Gasteiger partial charge on any atom is -0.383 e. The summed E-state index contributed by atoms with van der Waals surface area (Å²) in [5.74, 6) is -1.62. The largest absolute Gasteiger partial charge is 0.383 e. The topological polar surface area (TPSA) is 20.2 Å². The molecule has 94 valence electrons. The quantitative estimate of drug-likeness (QED) is 0.804. The van der Waals surface area contributed by atoms with Gasteiger partial charge in [-0.1, -0.05) is 23.7 Å². The lowest BCUT2D eigenvalue weighted by Gasteiger charge is -2.14. The van der Waals surface area contributed by atoms with Crippen LogP contribution in [0.15, 0.2) is 40.9 Å². The summed E-state index contributed by atoms with van der Waals surface area (Å²) < 4.78 is 27.5. The number of aliphatic hydroxyl groups is 1. The van der Waals surface area contributed by atoms with Crippen LogP contribution in [0.25, 0.3) is 0 Å². The highest BCUT2D eigenvalue weighted by molar-refractivity contribution is 9.10. The third-order valence-corrected chi connectivity index (χ3v) is 3.36. The number of halogens is 4. The highest BCUT2D eigenvalue weighted by atomic mass is 79.9. The molecular weight excluding hydrogens is 325 g/mol. The van der Waals surface area contributed by atoms with Crippen molar-refractivity contribution in [3.05, 3.63) is 68.7 Å². The second kappa shape index (κ2) is 5.34. The van der Waals surface area contributed by atoms with Gasteiger partial charge < -0.3 is 5.11 Å². The van der Waals surface area contributed by atoms with E-state index in [4.69, 9.17) is 11.6 Å². The first-order valence-electron chi connectivity index (χ1n) is 5.07. The van der Waals surface area contributed by atoms with Crippen molar-refractivity contribution in [2.45, 2.75) is 6.10 Å². The van der Waals surface area contributed by atoms with Crippen molar-refractivity contribution in [3.63, 3.8) is 0 Å². The molecule has 1 N–H and O–H groups in total. The van der Waals surface area contributed by atoms with Crippen molar-refractivity contribution in [1.29, 1.82) is 0 Å². The Morgan fingerprint density at radius 1 is 1.17 bits per heavy atom. The molecule has 0 saturated carbocycles. The highest BCUT2D eigenvalue weighted by Gasteiger charge is 2.21. The maximum absolute atomic E-state index is 13.8. The summed E-state index contributed by atoms with van der Waals surface area (Å²) in [6, 6.07) is 8.58. The summed E-state index contributed by atoms with van der Waals surface area (Å²) >= 11 is 8.74. The molecule has 0 aromatic heterocycles. The zero-order chi connectivity index (χ0) is 13.3. The Morgan fingerprint density at radius 2 is 1.89 bits per heavy atom. The van der Waals surface area contributed by atoms with Gasteiger partial charge in [-0.3, -0.25) is 0 Å². The van der Waals surface area contributed by atoms with Crippen molar-refractivity contribution in [2.75, 3.05) is 0 Å². The van der Waals surface area contributed by atoms with E-state index in [1.807, 2.05) is 0 Å². The van der Waals surface area contributed by atoms with E-state index in [9.17, 15) is 13.9 Å². The van der Waals surface area contributed by atoms with Gasteiger partial charge in [0, 0.05) is 5.02 Å². The summed E-state index contributed by atoms with van der Waals surface area (Å²) in [7, 11) is 0. The van der Waals surface area contributed by atoms with Gasteiger partial charge in [-0.15, -0.1) is 0 Å². The van der Waals surface area contributed by atoms with Crippen LogP contribution in [0.3, 0.4) is 0 Å². The summed E-state index contributed by atoms with van der Waals surface area (Å²) in [5, 5.41) is 10.4. The van der Waals surface area contributed by atoms with Crippen LogP contribution >= 0.6 is 27.5 Å². The molecule has 2 aromatic rings. The second-order valence-corrected chi connectivity index (χ2v) is 5.01. The third-order valence-electron chi connectivity index (χ3n) is 2.52. The van der Waals surface area contributed by atoms with Crippen molar-refractivity contribution >= 4 is 27.5 Å². The van der Waals surface area contributed by atoms with E-state index >= 15 is 0 Å². The molecule has 1 nitrogen and oxygen atoms in total. The van der Waals surface area contributed by atoms with Crippen LogP contribution in [0, 0.1) is 11.6 Å². The van der Waals surface area contributed by atoms with Gasteiger partial charge in [-0.05, 0) is 45.8 Å². The van der Waals surface area contributed by atoms with Crippen molar-refractivity contribution in [3.8, 4) is 0 Å². The highest BCUT2D eigenvalue weighted by Crippen LogP contribution is 2.31. The molecule has 1 unspecified atom stereocenters. The normalized spacial score (nSPS) is 12.5. The van der Waals surface area contributed by atoms with Gasteiger partial charge in [0.1, 0.15) is 17.7 Å².